The lowest BCUT2D eigenvalue weighted by Crippen LogP contribution is -2.48. The molecule has 2 heterocycles. The molecule has 0 spiro atoms. The van der Waals surface area contributed by atoms with E-state index in [0.29, 0.717) is 12.4 Å². The Morgan fingerprint density at radius 3 is 2.44 bits per heavy atom. The molecule has 0 unspecified atom stereocenters. The van der Waals surface area contributed by atoms with Crippen LogP contribution in [0.25, 0.3) is 11.0 Å². The third-order valence-electron chi connectivity index (χ3n) is 6.66. The van der Waals surface area contributed by atoms with Gasteiger partial charge in [-0.1, -0.05) is 17.3 Å². The Hall–Kier alpha value is -2.24. The maximum Gasteiger partial charge on any atom is 0.238 e. The molecule has 0 N–H and O–H groups in total. The van der Waals surface area contributed by atoms with Crippen LogP contribution in [0, 0.1) is 17.8 Å². The normalized spacial score (nSPS) is 33.4. The van der Waals surface area contributed by atoms with Crippen LogP contribution < -0.4 is 0 Å². The molecule has 0 radical (unpaired) electrons. The minimum Gasteiger partial charge on any atom is -0.423 e. The second-order valence-electron chi connectivity index (χ2n) is 8.43. The highest BCUT2D eigenvalue weighted by Crippen LogP contribution is 2.60. The van der Waals surface area contributed by atoms with Crippen molar-refractivity contribution in [3.63, 3.8) is 0 Å². The smallest absolute Gasteiger partial charge is 0.238 e. The van der Waals surface area contributed by atoms with Crippen molar-refractivity contribution >= 4 is 11.0 Å². The summed E-state index contributed by atoms with van der Waals surface area (Å²) in [5.41, 5.74) is 2.05. The van der Waals surface area contributed by atoms with E-state index in [1.807, 2.05) is 28.9 Å². The van der Waals surface area contributed by atoms with Gasteiger partial charge >= 0.3 is 0 Å². The summed E-state index contributed by atoms with van der Waals surface area (Å²) in [5, 5.41) is 17.3. The molecule has 6 nitrogen and oxygen atoms in total. The molecular formula is C19H21N5O. The Morgan fingerprint density at radius 2 is 1.68 bits per heavy atom. The second kappa shape index (κ2) is 4.90. The molecule has 4 fully saturated rings. The fraction of sp³-hybridized carbons (Fsp3) is 0.579. The highest BCUT2D eigenvalue weighted by molar-refractivity contribution is 5.73. The quantitative estimate of drug-likeness (QED) is 0.734. The molecule has 0 aliphatic heterocycles. The summed E-state index contributed by atoms with van der Waals surface area (Å²) in [6.45, 7) is 0.486. The number of nitrogens with zero attached hydrogens (tertiary/aromatic N) is 5. The van der Waals surface area contributed by atoms with Crippen molar-refractivity contribution in [1.29, 1.82) is 0 Å². The lowest BCUT2D eigenvalue weighted by atomic mass is 9.49. The number of hydrogen-bond donors (Lipinski definition) is 0. The van der Waals surface area contributed by atoms with Crippen LogP contribution in [-0.4, -0.2) is 25.2 Å². The summed E-state index contributed by atoms with van der Waals surface area (Å²) in [6.07, 6.45) is 7.99. The highest BCUT2D eigenvalue weighted by atomic mass is 16.4. The van der Waals surface area contributed by atoms with E-state index in [9.17, 15) is 0 Å². The lowest BCUT2D eigenvalue weighted by molar-refractivity contribution is -0.0182. The molecule has 25 heavy (non-hydrogen) atoms. The monoisotopic (exact) mass is 335 g/mol. The van der Waals surface area contributed by atoms with Gasteiger partial charge in [-0.05, 0) is 68.4 Å². The summed E-state index contributed by atoms with van der Waals surface area (Å²) >= 11 is 0. The predicted molar refractivity (Wildman–Crippen MR) is 90.8 cm³/mol. The topological polar surface area (TPSA) is 69.6 Å². The van der Waals surface area contributed by atoms with Crippen molar-refractivity contribution in [3.8, 4) is 0 Å². The maximum absolute atomic E-state index is 6.18. The summed E-state index contributed by atoms with van der Waals surface area (Å²) in [7, 11) is 0. The molecule has 4 saturated carbocycles. The zero-order chi connectivity index (χ0) is 16.4. The maximum atomic E-state index is 6.18. The van der Waals surface area contributed by atoms with Gasteiger partial charge in [0.1, 0.15) is 12.1 Å². The highest BCUT2D eigenvalue weighted by Gasteiger charge is 2.54. The molecule has 7 rings (SSSR count). The third-order valence-corrected chi connectivity index (χ3v) is 6.66. The standard InChI is InChI=1S/C19H21N5O/c1-2-4-16-15(3-1)20-23-24(16)11-17-21-22-18(25-17)19-8-12-5-13(9-19)7-14(6-12)10-19/h1-4,12-14H,5-11H2. The SMILES string of the molecule is c1ccc2c(c1)nnn2Cc1nnc(C23CC4CC(CC(C4)C2)C3)o1. The van der Waals surface area contributed by atoms with Crippen LogP contribution in [0.15, 0.2) is 28.7 Å². The average molecular weight is 335 g/mol. The largest absolute Gasteiger partial charge is 0.423 e. The van der Waals surface area contributed by atoms with Crippen molar-refractivity contribution in [2.75, 3.05) is 0 Å². The summed E-state index contributed by atoms with van der Waals surface area (Å²) < 4.78 is 8.02. The van der Waals surface area contributed by atoms with E-state index < -0.39 is 0 Å². The first kappa shape index (κ1) is 14.0. The van der Waals surface area contributed by atoms with Gasteiger partial charge in [0.15, 0.2) is 0 Å². The van der Waals surface area contributed by atoms with Crippen LogP contribution in [0.2, 0.25) is 0 Å². The first-order valence-corrected chi connectivity index (χ1v) is 9.38. The summed E-state index contributed by atoms with van der Waals surface area (Å²) in [5.74, 6) is 4.15. The van der Waals surface area contributed by atoms with Crippen LogP contribution in [0.4, 0.5) is 0 Å². The van der Waals surface area contributed by atoms with Gasteiger partial charge in [-0.15, -0.1) is 15.3 Å². The van der Waals surface area contributed by atoms with Gasteiger partial charge in [-0.25, -0.2) is 4.68 Å². The summed E-state index contributed by atoms with van der Waals surface area (Å²) in [4.78, 5) is 0. The molecule has 1 aromatic carbocycles. The van der Waals surface area contributed by atoms with E-state index in [1.165, 1.54) is 38.5 Å². The molecule has 0 atom stereocenters. The minimum atomic E-state index is 0.157. The first-order valence-electron chi connectivity index (χ1n) is 9.38. The Kier molecular flexibility index (Phi) is 2.74. The minimum absolute atomic E-state index is 0.157. The lowest BCUT2D eigenvalue weighted by Gasteiger charge is -2.55. The molecule has 4 bridgehead atoms. The molecule has 4 aliphatic rings. The van der Waals surface area contributed by atoms with E-state index in [1.54, 1.807) is 0 Å². The number of rotatable bonds is 3. The van der Waals surface area contributed by atoms with E-state index in [-0.39, 0.29) is 5.41 Å². The number of para-hydroxylation sites is 1. The second-order valence-corrected chi connectivity index (χ2v) is 8.43. The molecule has 0 saturated heterocycles. The Morgan fingerprint density at radius 1 is 0.960 bits per heavy atom. The van der Waals surface area contributed by atoms with Crippen molar-refractivity contribution < 1.29 is 4.42 Å². The van der Waals surface area contributed by atoms with E-state index in [0.717, 1.165) is 34.7 Å². The van der Waals surface area contributed by atoms with Gasteiger partial charge in [0.2, 0.25) is 11.8 Å². The average Bonchev–Trinajstić information content (AvgIpc) is 3.22. The Bertz CT molecular complexity index is 907. The predicted octanol–water partition coefficient (Wildman–Crippen LogP) is 3.33. The third kappa shape index (κ3) is 2.09. The number of aromatic nitrogens is 5. The molecule has 0 amide bonds. The van der Waals surface area contributed by atoms with E-state index in [2.05, 4.69) is 20.5 Å². The Balaban J connectivity index is 1.31. The fourth-order valence-corrected chi connectivity index (χ4v) is 6.07. The van der Waals surface area contributed by atoms with Gasteiger partial charge in [0.25, 0.3) is 0 Å². The zero-order valence-electron chi connectivity index (χ0n) is 14.1. The van der Waals surface area contributed by atoms with Crippen molar-refractivity contribution in [2.24, 2.45) is 17.8 Å². The number of benzene rings is 1. The summed E-state index contributed by atoms with van der Waals surface area (Å²) in [6, 6.07) is 7.95. The van der Waals surface area contributed by atoms with Crippen molar-refractivity contribution in [2.45, 2.75) is 50.5 Å². The number of hydrogen-bond acceptors (Lipinski definition) is 5. The van der Waals surface area contributed by atoms with Crippen LogP contribution in [-0.2, 0) is 12.0 Å². The number of fused-ring (bicyclic) bond motifs is 1. The van der Waals surface area contributed by atoms with Gasteiger partial charge in [-0.2, -0.15) is 0 Å². The molecule has 6 heteroatoms. The van der Waals surface area contributed by atoms with Crippen LogP contribution >= 0.6 is 0 Å². The van der Waals surface area contributed by atoms with Gasteiger partial charge in [0.05, 0.1) is 5.52 Å². The molecule has 128 valence electrons. The van der Waals surface area contributed by atoms with Crippen molar-refractivity contribution in [3.05, 3.63) is 36.0 Å². The van der Waals surface area contributed by atoms with Gasteiger partial charge in [-0.3, -0.25) is 0 Å². The first-order chi connectivity index (χ1) is 12.3. The van der Waals surface area contributed by atoms with Gasteiger partial charge in [0, 0.05) is 5.41 Å². The van der Waals surface area contributed by atoms with Crippen LogP contribution in [0.5, 0.6) is 0 Å². The van der Waals surface area contributed by atoms with Crippen LogP contribution in [0.1, 0.15) is 50.3 Å². The van der Waals surface area contributed by atoms with Crippen molar-refractivity contribution in [1.82, 2.24) is 25.2 Å². The van der Waals surface area contributed by atoms with E-state index in [4.69, 9.17) is 4.42 Å². The van der Waals surface area contributed by atoms with E-state index >= 15 is 0 Å². The van der Waals surface area contributed by atoms with Crippen LogP contribution in [0.3, 0.4) is 0 Å². The molecule has 2 aromatic heterocycles. The Labute approximate surface area is 145 Å². The zero-order valence-corrected chi connectivity index (χ0v) is 14.1. The molecule has 4 aliphatic carbocycles. The van der Waals surface area contributed by atoms with Gasteiger partial charge < -0.3 is 4.42 Å². The molecular weight excluding hydrogens is 314 g/mol. The molecule has 3 aromatic rings. The fourth-order valence-electron chi connectivity index (χ4n) is 6.07.